The van der Waals surface area contributed by atoms with E-state index < -0.39 is 0 Å². The molecule has 3 rings (SSSR count). The van der Waals surface area contributed by atoms with Crippen LogP contribution >= 0.6 is 0 Å². The number of hydrogen-bond acceptors (Lipinski definition) is 4. The van der Waals surface area contributed by atoms with E-state index in [1.807, 2.05) is 6.07 Å². The molecule has 1 aromatic carbocycles. The maximum atomic E-state index is 5.76. The number of para-hydroxylation sites is 1. The van der Waals surface area contributed by atoms with Crippen molar-refractivity contribution in [2.75, 3.05) is 32.8 Å². The minimum atomic E-state index is 0.565. The molecule has 1 saturated heterocycles. The highest BCUT2D eigenvalue weighted by molar-refractivity contribution is 5.47. The van der Waals surface area contributed by atoms with E-state index in [-0.39, 0.29) is 0 Å². The summed E-state index contributed by atoms with van der Waals surface area (Å²) in [7, 11) is 0. The topological polar surface area (TPSA) is 33.7 Å². The van der Waals surface area contributed by atoms with Gasteiger partial charge in [0.25, 0.3) is 0 Å². The van der Waals surface area contributed by atoms with Gasteiger partial charge >= 0.3 is 0 Å². The molecule has 0 amide bonds. The first-order valence-electron chi connectivity index (χ1n) is 6.66. The lowest BCUT2D eigenvalue weighted by molar-refractivity contribution is 0.162. The number of fused-ring (bicyclic) bond motifs is 1. The standard InChI is InChI=1S/C14H20N2O2/c1-11-9-16(6-5-15-11)10-12-3-2-4-13-14(12)18-8-7-17-13/h2-4,11,15H,5-10H2,1H3/t11-/m0/s1. The zero-order valence-electron chi connectivity index (χ0n) is 10.8. The number of benzene rings is 1. The molecule has 0 aliphatic carbocycles. The third kappa shape index (κ3) is 2.44. The molecule has 4 nitrogen and oxygen atoms in total. The molecule has 0 radical (unpaired) electrons. The van der Waals surface area contributed by atoms with Gasteiger partial charge < -0.3 is 14.8 Å². The smallest absolute Gasteiger partial charge is 0.165 e. The van der Waals surface area contributed by atoms with Crippen LogP contribution < -0.4 is 14.8 Å². The average Bonchev–Trinajstić information content (AvgIpc) is 2.39. The normalized spacial score (nSPS) is 23.9. The van der Waals surface area contributed by atoms with Gasteiger partial charge in [0.2, 0.25) is 0 Å². The van der Waals surface area contributed by atoms with Gasteiger partial charge in [0, 0.05) is 37.8 Å². The average molecular weight is 248 g/mol. The predicted octanol–water partition coefficient (Wildman–Crippen LogP) is 1.25. The Balaban J connectivity index is 1.76. The van der Waals surface area contributed by atoms with E-state index in [2.05, 4.69) is 29.3 Å². The second kappa shape index (κ2) is 5.16. The lowest BCUT2D eigenvalue weighted by Crippen LogP contribution is -2.48. The number of rotatable bonds is 2. The number of nitrogens with zero attached hydrogens (tertiary/aromatic N) is 1. The molecule has 0 unspecified atom stereocenters. The summed E-state index contributed by atoms with van der Waals surface area (Å²) in [5.74, 6) is 1.83. The number of piperazine rings is 1. The van der Waals surface area contributed by atoms with Crippen molar-refractivity contribution in [2.24, 2.45) is 0 Å². The SMILES string of the molecule is C[C@H]1CN(Cc2cccc3c2OCCO3)CCN1. The highest BCUT2D eigenvalue weighted by Crippen LogP contribution is 2.34. The van der Waals surface area contributed by atoms with Crippen molar-refractivity contribution in [3.8, 4) is 11.5 Å². The summed E-state index contributed by atoms with van der Waals surface area (Å²) >= 11 is 0. The molecule has 0 bridgehead atoms. The van der Waals surface area contributed by atoms with Crippen LogP contribution in [0.2, 0.25) is 0 Å². The molecule has 2 aliphatic heterocycles. The first-order chi connectivity index (χ1) is 8.83. The molecule has 18 heavy (non-hydrogen) atoms. The summed E-state index contributed by atoms with van der Waals surface area (Å²) in [6.07, 6.45) is 0. The van der Waals surface area contributed by atoms with Gasteiger partial charge in [-0.3, -0.25) is 4.90 Å². The van der Waals surface area contributed by atoms with Crippen LogP contribution in [0, 0.1) is 0 Å². The maximum Gasteiger partial charge on any atom is 0.165 e. The van der Waals surface area contributed by atoms with Crippen molar-refractivity contribution in [1.29, 1.82) is 0 Å². The van der Waals surface area contributed by atoms with Crippen LogP contribution in [0.4, 0.5) is 0 Å². The third-order valence-corrected chi connectivity index (χ3v) is 3.49. The minimum absolute atomic E-state index is 0.565. The Bertz CT molecular complexity index is 422. The van der Waals surface area contributed by atoms with Crippen LogP contribution in [0.1, 0.15) is 12.5 Å². The second-order valence-corrected chi connectivity index (χ2v) is 5.03. The summed E-state index contributed by atoms with van der Waals surface area (Å²) in [6, 6.07) is 6.74. The van der Waals surface area contributed by atoms with Gasteiger partial charge in [0.1, 0.15) is 13.2 Å². The van der Waals surface area contributed by atoms with Crippen molar-refractivity contribution in [1.82, 2.24) is 10.2 Å². The number of ether oxygens (including phenoxy) is 2. The van der Waals surface area contributed by atoms with Gasteiger partial charge in [-0.05, 0) is 13.0 Å². The Labute approximate surface area is 108 Å². The molecule has 1 fully saturated rings. The van der Waals surface area contributed by atoms with Crippen LogP contribution in [-0.4, -0.2) is 43.8 Å². The zero-order chi connectivity index (χ0) is 12.4. The largest absolute Gasteiger partial charge is 0.486 e. The van der Waals surface area contributed by atoms with E-state index in [0.717, 1.165) is 37.7 Å². The van der Waals surface area contributed by atoms with Crippen LogP contribution in [0.3, 0.4) is 0 Å². The van der Waals surface area contributed by atoms with Crippen LogP contribution in [-0.2, 0) is 6.54 Å². The third-order valence-electron chi connectivity index (χ3n) is 3.49. The maximum absolute atomic E-state index is 5.76. The first kappa shape index (κ1) is 11.8. The van der Waals surface area contributed by atoms with E-state index in [9.17, 15) is 0 Å². The van der Waals surface area contributed by atoms with Crippen LogP contribution in [0.25, 0.3) is 0 Å². The molecular weight excluding hydrogens is 228 g/mol. The molecule has 4 heteroatoms. The first-order valence-corrected chi connectivity index (χ1v) is 6.66. The molecular formula is C14H20N2O2. The van der Waals surface area contributed by atoms with Crippen molar-refractivity contribution < 1.29 is 9.47 Å². The molecule has 1 atom stereocenters. The Morgan fingerprint density at radius 3 is 3.11 bits per heavy atom. The molecule has 1 aromatic rings. The molecule has 0 aromatic heterocycles. The van der Waals surface area contributed by atoms with Gasteiger partial charge in [-0.15, -0.1) is 0 Å². The summed E-state index contributed by atoms with van der Waals surface area (Å²) in [5.41, 5.74) is 1.24. The molecule has 2 aliphatic rings. The molecule has 98 valence electrons. The summed E-state index contributed by atoms with van der Waals surface area (Å²) in [6.45, 7) is 7.72. The highest BCUT2D eigenvalue weighted by Gasteiger charge is 2.20. The fourth-order valence-electron chi connectivity index (χ4n) is 2.66. The molecule has 2 heterocycles. The molecule has 1 N–H and O–H groups in total. The molecule has 0 saturated carbocycles. The zero-order valence-corrected chi connectivity index (χ0v) is 10.8. The fourth-order valence-corrected chi connectivity index (χ4v) is 2.66. The van der Waals surface area contributed by atoms with Gasteiger partial charge in [-0.25, -0.2) is 0 Å². The van der Waals surface area contributed by atoms with E-state index >= 15 is 0 Å². The van der Waals surface area contributed by atoms with Crippen molar-refractivity contribution >= 4 is 0 Å². The highest BCUT2D eigenvalue weighted by atomic mass is 16.6. The lowest BCUT2D eigenvalue weighted by Gasteiger charge is -2.32. The Morgan fingerprint density at radius 2 is 2.22 bits per heavy atom. The van der Waals surface area contributed by atoms with Crippen molar-refractivity contribution in [3.63, 3.8) is 0 Å². The summed E-state index contributed by atoms with van der Waals surface area (Å²) in [4.78, 5) is 2.47. The Hall–Kier alpha value is -1.26. The fraction of sp³-hybridized carbons (Fsp3) is 0.571. The molecule has 0 spiro atoms. The van der Waals surface area contributed by atoms with E-state index in [4.69, 9.17) is 9.47 Å². The second-order valence-electron chi connectivity index (χ2n) is 5.03. The van der Waals surface area contributed by atoms with Crippen LogP contribution in [0.5, 0.6) is 11.5 Å². The lowest BCUT2D eigenvalue weighted by atomic mass is 10.1. The number of hydrogen-bond donors (Lipinski definition) is 1. The minimum Gasteiger partial charge on any atom is -0.486 e. The van der Waals surface area contributed by atoms with Crippen molar-refractivity contribution in [3.05, 3.63) is 23.8 Å². The van der Waals surface area contributed by atoms with Gasteiger partial charge in [0.15, 0.2) is 11.5 Å². The summed E-state index contributed by atoms with van der Waals surface area (Å²) in [5, 5.41) is 3.46. The summed E-state index contributed by atoms with van der Waals surface area (Å²) < 4.78 is 11.4. The quantitative estimate of drug-likeness (QED) is 0.854. The monoisotopic (exact) mass is 248 g/mol. The predicted molar refractivity (Wildman–Crippen MR) is 70.2 cm³/mol. The number of nitrogens with one attached hydrogen (secondary N) is 1. The van der Waals surface area contributed by atoms with Gasteiger partial charge in [-0.1, -0.05) is 12.1 Å². The van der Waals surface area contributed by atoms with Crippen molar-refractivity contribution in [2.45, 2.75) is 19.5 Å². The van der Waals surface area contributed by atoms with E-state index in [0.29, 0.717) is 19.3 Å². The Kier molecular flexibility index (Phi) is 3.39. The van der Waals surface area contributed by atoms with Gasteiger partial charge in [0.05, 0.1) is 0 Å². The van der Waals surface area contributed by atoms with Gasteiger partial charge in [-0.2, -0.15) is 0 Å². The van der Waals surface area contributed by atoms with Crippen LogP contribution in [0.15, 0.2) is 18.2 Å². The van der Waals surface area contributed by atoms with E-state index in [1.54, 1.807) is 0 Å². The van der Waals surface area contributed by atoms with E-state index in [1.165, 1.54) is 5.56 Å². The Morgan fingerprint density at radius 1 is 1.33 bits per heavy atom.